The Kier molecular flexibility index (Phi) is 5.36. The molecule has 0 spiro atoms. The summed E-state index contributed by atoms with van der Waals surface area (Å²) in [4.78, 5) is 11.0. The van der Waals surface area contributed by atoms with Gasteiger partial charge in [-0.05, 0) is 20.3 Å². The predicted molar refractivity (Wildman–Crippen MR) is 62.8 cm³/mol. The molecular formula is C8H16BO5PS. The van der Waals surface area contributed by atoms with Crippen LogP contribution in [0.2, 0.25) is 0 Å². The van der Waals surface area contributed by atoms with Gasteiger partial charge in [0.1, 0.15) is 14.0 Å². The second-order valence-corrected chi connectivity index (χ2v) is 6.82. The Morgan fingerprint density at radius 3 is 2.81 bits per heavy atom. The summed E-state index contributed by atoms with van der Waals surface area (Å²) < 4.78 is 26.5. The van der Waals surface area contributed by atoms with Crippen molar-refractivity contribution in [1.82, 2.24) is 0 Å². The molecule has 0 saturated carbocycles. The summed E-state index contributed by atoms with van der Waals surface area (Å²) >= 11 is 2.51. The van der Waals surface area contributed by atoms with E-state index in [4.69, 9.17) is 21.8 Å². The fourth-order valence-electron chi connectivity index (χ4n) is 1.47. The fraction of sp³-hybridized carbons (Fsp3) is 1.00. The van der Waals surface area contributed by atoms with Crippen molar-refractivity contribution in [2.75, 3.05) is 6.61 Å². The molecule has 1 aliphatic heterocycles. The van der Waals surface area contributed by atoms with Gasteiger partial charge in [-0.1, -0.05) is 0 Å². The lowest BCUT2D eigenvalue weighted by Gasteiger charge is -2.22. The van der Waals surface area contributed by atoms with Gasteiger partial charge in [-0.25, -0.2) is 4.57 Å². The molecule has 4 atom stereocenters. The molecule has 1 rings (SSSR count). The molecule has 0 aromatic heterocycles. The summed E-state index contributed by atoms with van der Waals surface area (Å²) in [6.45, 7) is 0.0691. The van der Waals surface area contributed by atoms with Gasteiger partial charge in [0.25, 0.3) is 0 Å². The standard InChI is InChI=1S/C8H16BO5PS/c1-5(2)12-4-7-6(3-8(9)13-7)14-15(10,11)16/h5-8H,3-4H2,1-2H3,(H2,10,11,16). The van der Waals surface area contributed by atoms with Crippen LogP contribution in [0.5, 0.6) is 0 Å². The van der Waals surface area contributed by atoms with Gasteiger partial charge in [-0.15, -0.1) is 0 Å². The Bertz CT molecular complexity index is 271. The lowest BCUT2D eigenvalue weighted by molar-refractivity contribution is -0.195. The number of hydrogen-bond acceptors (Lipinski definition) is 5. The Hall–Kier alpha value is 0.485. The van der Waals surface area contributed by atoms with Crippen LogP contribution in [0.25, 0.3) is 0 Å². The average molecular weight is 266 g/mol. The Labute approximate surface area is 102 Å². The third-order valence-electron chi connectivity index (χ3n) is 2.10. The van der Waals surface area contributed by atoms with Crippen LogP contribution in [0.4, 0.5) is 0 Å². The Balaban J connectivity index is 2.49. The summed E-state index contributed by atoms with van der Waals surface area (Å²) in [6, 6.07) is -0.510. The van der Waals surface area contributed by atoms with Crippen LogP contribution in [0, 0.1) is 0 Å². The van der Waals surface area contributed by atoms with Crippen LogP contribution in [0.15, 0.2) is 0 Å². The third-order valence-corrected chi connectivity index (χ3v) is 2.96. The van der Waals surface area contributed by atoms with Gasteiger partial charge in [-0.3, -0.25) is 4.52 Å². The maximum absolute atomic E-state index is 11.0. The molecule has 0 aliphatic carbocycles. The van der Waals surface area contributed by atoms with Crippen molar-refractivity contribution in [3.8, 4) is 0 Å². The molecule has 1 saturated heterocycles. The first-order valence-corrected chi connectivity index (χ1v) is 7.93. The van der Waals surface area contributed by atoms with E-state index in [0.29, 0.717) is 6.42 Å². The normalized spacial score (nSPS) is 34.2. The topological polar surface area (TPSA) is 67.8 Å². The predicted octanol–water partition coefficient (Wildman–Crippen LogP) is -0.440. The molecule has 2 radical (unpaired) electrons. The van der Waals surface area contributed by atoms with Crippen molar-refractivity contribution in [3.63, 3.8) is 0 Å². The van der Waals surface area contributed by atoms with E-state index >= 15 is 0 Å². The maximum atomic E-state index is 11.0. The zero-order chi connectivity index (χ0) is 12.3. The molecular weight excluding hydrogens is 250 g/mol. The zero-order valence-electron chi connectivity index (χ0n) is 9.29. The summed E-state index contributed by atoms with van der Waals surface area (Å²) in [5, 5.41) is 0. The molecule has 1 fully saturated rings. The third kappa shape index (κ3) is 5.21. The zero-order valence-corrected chi connectivity index (χ0v) is 11.2. The summed E-state index contributed by atoms with van der Waals surface area (Å²) in [7, 11) is 5.58. The molecule has 1 heterocycles. The molecule has 0 N–H and O–H groups in total. The molecule has 16 heavy (non-hydrogen) atoms. The molecule has 92 valence electrons. The molecule has 0 aromatic carbocycles. The highest BCUT2D eigenvalue weighted by molar-refractivity contribution is 8.31. The molecule has 1 aliphatic rings. The first kappa shape index (κ1) is 14.5. The van der Waals surface area contributed by atoms with Gasteiger partial charge in [0.15, 0.2) is 0 Å². The van der Waals surface area contributed by atoms with Gasteiger partial charge < -0.3 is 14.4 Å². The first-order chi connectivity index (χ1) is 7.28. The van der Waals surface area contributed by atoms with Gasteiger partial charge in [0.05, 0.1) is 18.8 Å². The minimum Gasteiger partial charge on any atom is -0.736 e. The second kappa shape index (κ2) is 5.89. The highest BCUT2D eigenvalue weighted by Gasteiger charge is 2.36. The van der Waals surface area contributed by atoms with Gasteiger partial charge in [0.2, 0.25) is 0 Å². The van der Waals surface area contributed by atoms with E-state index in [2.05, 4.69) is 12.2 Å². The lowest BCUT2D eigenvalue weighted by atomic mass is 9.96. The summed E-state index contributed by atoms with van der Waals surface area (Å²) in [5.74, 6) is 0. The lowest BCUT2D eigenvalue weighted by Crippen LogP contribution is -2.30. The largest absolute Gasteiger partial charge is 0.736 e. The van der Waals surface area contributed by atoms with E-state index in [9.17, 15) is 9.46 Å². The van der Waals surface area contributed by atoms with Crippen molar-refractivity contribution in [1.29, 1.82) is 0 Å². The molecule has 5 nitrogen and oxygen atoms in total. The highest BCUT2D eigenvalue weighted by atomic mass is 32.7. The van der Waals surface area contributed by atoms with E-state index in [1.54, 1.807) is 0 Å². The smallest absolute Gasteiger partial charge is 0.337 e. The van der Waals surface area contributed by atoms with E-state index in [-0.39, 0.29) is 12.7 Å². The Morgan fingerprint density at radius 1 is 1.69 bits per heavy atom. The molecule has 8 heteroatoms. The van der Waals surface area contributed by atoms with E-state index in [0.717, 1.165) is 0 Å². The number of hydrogen-bond donors (Lipinski definition) is 0. The van der Waals surface area contributed by atoms with Crippen molar-refractivity contribution in [3.05, 3.63) is 0 Å². The van der Waals surface area contributed by atoms with Crippen LogP contribution >= 0.6 is 6.80 Å². The van der Waals surface area contributed by atoms with Crippen molar-refractivity contribution in [2.45, 2.75) is 44.6 Å². The summed E-state index contributed by atoms with van der Waals surface area (Å²) in [5.41, 5.74) is 0. The highest BCUT2D eigenvalue weighted by Crippen LogP contribution is 2.39. The molecule has 0 bridgehead atoms. The minimum atomic E-state index is -3.96. The van der Waals surface area contributed by atoms with Gasteiger partial charge in [-0.2, -0.15) is 0 Å². The van der Waals surface area contributed by atoms with Crippen molar-refractivity contribution in [2.24, 2.45) is 0 Å². The second-order valence-electron chi connectivity index (χ2n) is 3.97. The monoisotopic (exact) mass is 266 g/mol. The number of ether oxygens (including phenoxy) is 2. The maximum Gasteiger partial charge on any atom is 0.337 e. The molecule has 4 unspecified atom stereocenters. The number of rotatable bonds is 5. The molecule has 0 amide bonds. The quantitative estimate of drug-likeness (QED) is 0.383. The first-order valence-electron chi connectivity index (χ1n) is 5.05. The summed E-state index contributed by atoms with van der Waals surface area (Å²) in [6.07, 6.45) is -0.655. The van der Waals surface area contributed by atoms with Crippen molar-refractivity contribution < 1.29 is 23.5 Å². The van der Waals surface area contributed by atoms with Crippen LogP contribution in [-0.4, -0.2) is 38.8 Å². The van der Waals surface area contributed by atoms with Crippen LogP contribution in [0.1, 0.15) is 20.3 Å². The van der Waals surface area contributed by atoms with E-state index < -0.39 is 25.0 Å². The fourth-order valence-corrected chi connectivity index (χ4v) is 2.46. The van der Waals surface area contributed by atoms with Crippen molar-refractivity contribution >= 4 is 26.9 Å². The van der Waals surface area contributed by atoms with Gasteiger partial charge >= 0.3 is 6.80 Å². The van der Waals surface area contributed by atoms with Gasteiger partial charge in [0, 0.05) is 18.3 Å². The SMILES string of the molecule is [B]C1CC(OP(=O)([O-])[SH2+])C(COC(C)C)O1. The van der Waals surface area contributed by atoms with E-state index in [1.165, 1.54) is 0 Å². The Morgan fingerprint density at radius 2 is 2.31 bits per heavy atom. The minimum absolute atomic E-state index is 0.0450. The van der Waals surface area contributed by atoms with E-state index in [1.807, 2.05) is 13.8 Å². The van der Waals surface area contributed by atoms with Crippen LogP contribution < -0.4 is 4.89 Å². The molecule has 0 aromatic rings. The van der Waals surface area contributed by atoms with Crippen LogP contribution in [-0.2, 0) is 30.8 Å². The van der Waals surface area contributed by atoms with Crippen LogP contribution in [0.3, 0.4) is 0 Å². The average Bonchev–Trinajstić information content (AvgIpc) is 2.39.